The minimum Gasteiger partial charge on any atom is -0.339 e. The van der Waals surface area contributed by atoms with Crippen molar-refractivity contribution in [1.82, 2.24) is 10.1 Å². The van der Waals surface area contributed by atoms with Crippen LogP contribution in [0.2, 0.25) is 0 Å². The predicted molar refractivity (Wildman–Crippen MR) is 84.6 cm³/mol. The smallest absolute Gasteiger partial charge is 0.339 e. The largest absolute Gasteiger partial charge is 0.416 e. The summed E-state index contributed by atoms with van der Waals surface area (Å²) in [6, 6.07) is 4.71. The van der Waals surface area contributed by atoms with E-state index in [1.54, 1.807) is 6.92 Å². The molecule has 0 bridgehead atoms. The summed E-state index contributed by atoms with van der Waals surface area (Å²) >= 11 is 0. The molecule has 0 amide bonds. The third-order valence-corrected chi connectivity index (χ3v) is 5.23. The summed E-state index contributed by atoms with van der Waals surface area (Å²) in [5.74, 6) is 0.988. The summed E-state index contributed by atoms with van der Waals surface area (Å²) in [5.41, 5.74) is -0.140. The summed E-state index contributed by atoms with van der Waals surface area (Å²) in [5, 5.41) is 3.38. The summed E-state index contributed by atoms with van der Waals surface area (Å²) in [6.07, 6.45) is -1.74. The zero-order valence-electron chi connectivity index (χ0n) is 13.5. The highest BCUT2D eigenvalue weighted by molar-refractivity contribution is 7.84. The van der Waals surface area contributed by atoms with Crippen molar-refractivity contribution in [3.8, 4) is 0 Å². The number of aromatic nitrogens is 2. The minimum absolute atomic E-state index is 0.109. The predicted octanol–water partition coefficient (Wildman–Crippen LogP) is 4.44. The van der Waals surface area contributed by atoms with Gasteiger partial charge in [0.25, 0.3) is 0 Å². The molecule has 0 aliphatic heterocycles. The van der Waals surface area contributed by atoms with Gasteiger partial charge in [0.05, 0.1) is 16.6 Å². The highest BCUT2D eigenvalue weighted by atomic mass is 32.2. The average Bonchev–Trinajstić information content (AvgIpc) is 2.98. The van der Waals surface area contributed by atoms with Crippen LogP contribution >= 0.6 is 0 Å². The van der Waals surface area contributed by atoms with E-state index in [-0.39, 0.29) is 5.75 Å². The second-order valence-electron chi connectivity index (χ2n) is 5.49. The molecular formula is C16H19F3N2O2S. The van der Waals surface area contributed by atoms with Gasteiger partial charge >= 0.3 is 6.18 Å². The van der Waals surface area contributed by atoms with Crippen LogP contribution in [0.4, 0.5) is 13.2 Å². The number of halogens is 3. The van der Waals surface area contributed by atoms with Gasteiger partial charge in [0.15, 0.2) is 5.82 Å². The maximum absolute atomic E-state index is 12.6. The first kappa shape index (κ1) is 18.6. The molecule has 1 aromatic heterocycles. The van der Waals surface area contributed by atoms with Gasteiger partial charge < -0.3 is 4.52 Å². The molecule has 0 N–H and O–H groups in total. The average molecular weight is 360 g/mol. The van der Waals surface area contributed by atoms with Gasteiger partial charge in [-0.1, -0.05) is 30.6 Å². The molecule has 8 heteroatoms. The summed E-state index contributed by atoms with van der Waals surface area (Å²) in [6.45, 7) is 3.76. The summed E-state index contributed by atoms with van der Waals surface area (Å²) < 4.78 is 55.2. The third kappa shape index (κ3) is 4.90. The number of benzene rings is 1. The maximum atomic E-state index is 12.6. The van der Waals surface area contributed by atoms with Crippen molar-refractivity contribution in [2.45, 2.75) is 50.3 Å². The molecule has 0 radical (unpaired) electrons. The van der Waals surface area contributed by atoms with Crippen LogP contribution in [0, 0.1) is 0 Å². The van der Waals surface area contributed by atoms with Crippen molar-refractivity contribution < 1.29 is 21.9 Å². The van der Waals surface area contributed by atoms with E-state index in [9.17, 15) is 17.4 Å². The first-order valence-electron chi connectivity index (χ1n) is 7.67. The molecular weight excluding hydrogens is 341 g/mol. The van der Waals surface area contributed by atoms with Gasteiger partial charge in [-0.25, -0.2) is 0 Å². The fourth-order valence-corrected chi connectivity index (χ4v) is 3.21. The minimum atomic E-state index is -4.37. The Hall–Kier alpha value is -1.70. The zero-order valence-corrected chi connectivity index (χ0v) is 14.3. The molecule has 0 saturated heterocycles. The molecule has 0 aliphatic rings. The van der Waals surface area contributed by atoms with Crippen molar-refractivity contribution >= 4 is 10.8 Å². The molecule has 2 atom stereocenters. The fourth-order valence-electron chi connectivity index (χ4n) is 2.13. The van der Waals surface area contributed by atoms with Crippen LogP contribution in [0.3, 0.4) is 0 Å². The lowest BCUT2D eigenvalue weighted by Crippen LogP contribution is -2.08. The third-order valence-electron chi connectivity index (χ3n) is 3.63. The number of rotatable bonds is 7. The Morgan fingerprint density at radius 2 is 1.92 bits per heavy atom. The molecule has 1 aromatic carbocycles. The molecule has 24 heavy (non-hydrogen) atoms. The highest BCUT2D eigenvalue weighted by Crippen LogP contribution is 2.31. The fraction of sp³-hybridized carbons (Fsp3) is 0.500. The Kier molecular flexibility index (Phi) is 6.15. The number of hydrogen-bond acceptors (Lipinski definition) is 4. The number of alkyl halides is 3. The second-order valence-corrected chi connectivity index (χ2v) is 7.25. The molecule has 0 spiro atoms. The van der Waals surface area contributed by atoms with Crippen LogP contribution in [-0.2, 0) is 29.1 Å². The van der Waals surface area contributed by atoms with Gasteiger partial charge in [-0.15, -0.1) is 0 Å². The van der Waals surface area contributed by atoms with E-state index < -0.39 is 27.8 Å². The quantitative estimate of drug-likeness (QED) is 0.732. The van der Waals surface area contributed by atoms with Crippen LogP contribution in [0.15, 0.2) is 28.8 Å². The second kappa shape index (κ2) is 7.92. The maximum Gasteiger partial charge on any atom is 0.416 e. The van der Waals surface area contributed by atoms with Crippen LogP contribution in [0.1, 0.15) is 54.8 Å². The lowest BCUT2D eigenvalue weighted by Gasteiger charge is -2.12. The molecule has 2 aromatic rings. The Balaban J connectivity index is 2.00. The molecule has 2 rings (SSSR count). The van der Waals surface area contributed by atoms with E-state index in [2.05, 4.69) is 17.1 Å². The molecule has 0 unspecified atom stereocenters. The Morgan fingerprint density at radius 1 is 1.25 bits per heavy atom. The normalized spacial score (nSPS) is 14.5. The number of hydrogen-bond donors (Lipinski definition) is 0. The summed E-state index contributed by atoms with van der Waals surface area (Å²) in [7, 11) is -1.35. The van der Waals surface area contributed by atoms with Crippen LogP contribution in [0.5, 0.6) is 0 Å². The molecule has 0 aliphatic carbocycles. The van der Waals surface area contributed by atoms with E-state index in [0.717, 1.165) is 25.0 Å². The van der Waals surface area contributed by atoms with Crippen molar-refractivity contribution in [2.75, 3.05) is 0 Å². The van der Waals surface area contributed by atoms with Crippen molar-refractivity contribution in [3.05, 3.63) is 47.1 Å². The lowest BCUT2D eigenvalue weighted by molar-refractivity contribution is -0.137. The van der Waals surface area contributed by atoms with Gasteiger partial charge in [-0.2, -0.15) is 18.2 Å². The number of unbranched alkanes of at least 4 members (excludes halogenated alkanes) is 1. The van der Waals surface area contributed by atoms with Gasteiger partial charge in [-0.3, -0.25) is 4.21 Å². The van der Waals surface area contributed by atoms with E-state index in [1.807, 2.05) is 0 Å². The molecule has 132 valence electrons. The number of nitrogens with zero attached hydrogens (tertiary/aromatic N) is 2. The molecule has 1 heterocycles. The summed E-state index contributed by atoms with van der Waals surface area (Å²) in [4.78, 5) is 4.19. The van der Waals surface area contributed by atoms with Gasteiger partial charge in [0.1, 0.15) is 0 Å². The van der Waals surface area contributed by atoms with Gasteiger partial charge in [-0.05, 0) is 31.0 Å². The number of aryl methyl sites for hydroxylation is 1. The van der Waals surface area contributed by atoms with E-state index in [4.69, 9.17) is 4.52 Å². The molecule has 0 fully saturated rings. The highest BCUT2D eigenvalue weighted by Gasteiger charge is 2.30. The Labute approximate surface area is 140 Å². The van der Waals surface area contributed by atoms with Gasteiger partial charge in [0.2, 0.25) is 5.89 Å². The van der Waals surface area contributed by atoms with Crippen LogP contribution in [0.25, 0.3) is 0 Å². The van der Waals surface area contributed by atoms with E-state index >= 15 is 0 Å². The van der Waals surface area contributed by atoms with Crippen molar-refractivity contribution in [2.24, 2.45) is 0 Å². The SMILES string of the molecule is CCCCc1nc(C[S@](=O)[C@@H](C)c2ccc(C(F)(F)F)cc2)no1. The van der Waals surface area contributed by atoms with Crippen LogP contribution in [-0.4, -0.2) is 14.3 Å². The Morgan fingerprint density at radius 3 is 2.50 bits per heavy atom. The molecule has 4 nitrogen and oxygen atoms in total. The standard InChI is InChI=1S/C16H19F3N2O2S/c1-3-4-5-15-20-14(21-23-15)10-24(22)11(2)12-6-8-13(9-7-12)16(17,18)19/h6-9,11H,3-5,10H2,1-2H3/t11-,24-/m0/s1. The van der Waals surface area contributed by atoms with Crippen molar-refractivity contribution in [3.63, 3.8) is 0 Å². The van der Waals surface area contributed by atoms with Gasteiger partial charge in [0, 0.05) is 17.2 Å². The van der Waals surface area contributed by atoms with E-state index in [0.29, 0.717) is 23.7 Å². The topological polar surface area (TPSA) is 56.0 Å². The first-order valence-corrected chi connectivity index (χ1v) is 9.05. The Bertz CT molecular complexity index is 683. The van der Waals surface area contributed by atoms with Crippen molar-refractivity contribution in [1.29, 1.82) is 0 Å². The zero-order chi connectivity index (χ0) is 17.7. The monoisotopic (exact) mass is 360 g/mol. The first-order chi connectivity index (χ1) is 11.3. The van der Waals surface area contributed by atoms with Crippen LogP contribution < -0.4 is 0 Å². The lowest BCUT2D eigenvalue weighted by atomic mass is 10.1. The molecule has 0 saturated carbocycles. The van der Waals surface area contributed by atoms with E-state index in [1.165, 1.54) is 12.1 Å².